The van der Waals surface area contributed by atoms with Gasteiger partial charge in [-0.2, -0.15) is 0 Å². The molecule has 1 fully saturated rings. The number of carbonyl (C=O) groups excluding carboxylic acids is 1. The number of halogens is 1. The summed E-state index contributed by atoms with van der Waals surface area (Å²) in [6.45, 7) is 3.70. The maximum Gasteiger partial charge on any atom is 0.326 e. The quantitative estimate of drug-likeness (QED) is 0.403. The summed E-state index contributed by atoms with van der Waals surface area (Å²) in [5.41, 5.74) is 2.47. The molecule has 3 aromatic rings. The van der Waals surface area contributed by atoms with Crippen molar-refractivity contribution in [3.05, 3.63) is 70.4 Å². The molecule has 1 aromatic heterocycles. The van der Waals surface area contributed by atoms with Crippen molar-refractivity contribution in [2.24, 2.45) is 5.92 Å². The van der Waals surface area contributed by atoms with Crippen LogP contribution in [0.25, 0.3) is 11.0 Å². The zero-order valence-corrected chi connectivity index (χ0v) is 17.9. The van der Waals surface area contributed by atoms with Crippen LogP contribution in [0.2, 0.25) is 0 Å². The van der Waals surface area contributed by atoms with Gasteiger partial charge in [0, 0.05) is 18.0 Å². The summed E-state index contributed by atoms with van der Waals surface area (Å²) in [5.74, 6) is -0.108. The summed E-state index contributed by atoms with van der Waals surface area (Å²) >= 11 is 0. The van der Waals surface area contributed by atoms with Crippen LogP contribution in [0.15, 0.2) is 53.3 Å². The third kappa shape index (κ3) is 5.31. The van der Waals surface area contributed by atoms with Gasteiger partial charge in [-0.05, 0) is 81.7 Å². The number of aromatic nitrogens is 2. The van der Waals surface area contributed by atoms with Crippen molar-refractivity contribution in [3.8, 4) is 0 Å². The number of nitrogens with one attached hydrogen (secondary N) is 1. The lowest BCUT2D eigenvalue weighted by Crippen LogP contribution is -2.36. The van der Waals surface area contributed by atoms with Crippen LogP contribution < -0.4 is 5.69 Å². The molecular formula is C25H30FN3O2. The van der Waals surface area contributed by atoms with E-state index in [9.17, 15) is 14.0 Å². The highest BCUT2D eigenvalue weighted by atomic mass is 19.1. The van der Waals surface area contributed by atoms with Gasteiger partial charge >= 0.3 is 5.69 Å². The van der Waals surface area contributed by atoms with Crippen molar-refractivity contribution in [2.75, 3.05) is 19.6 Å². The highest BCUT2D eigenvalue weighted by Crippen LogP contribution is 2.22. The average Bonchev–Trinajstić information content (AvgIpc) is 3.11. The number of carbonyl (C=O) groups is 1. The van der Waals surface area contributed by atoms with Gasteiger partial charge in [-0.3, -0.25) is 9.36 Å². The number of aryl methyl sites for hydroxylation is 1. The van der Waals surface area contributed by atoms with E-state index in [0.29, 0.717) is 5.56 Å². The van der Waals surface area contributed by atoms with Crippen LogP contribution in [0.3, 0.4) is 0 Å². The Balaban J connectivity index is 1.13. The smallest absolute Gasteiger partial charge is 0.306 e. The first-order valence-corrected chi connectivity index (χ1v) is 11.3. The number of hydrogen-bond donors (Lipinski definition) is 1. The molecular weight excluding hydrogens is 393 g/mol. The highest BCUT2D eigenvalue weighted by molar-refractivity contribution is 5.97. The van der Waals surface area contributed by atoms with Gasteiger partial charge in [0.15, 0.2) is 5.78 Å². The van der Waals surface area contributed by atoms with E-state index in [-0.39, 0.29) is 23.2 Å². The molecule has 1 aliphatic heterocycles. The first-order valence-electron chi connectivity index (χ1n) is 11.3. The van der Waals surface area contributed by atoms with Gasteiger partial charge in [-0.25, -0.2) is 9.18 Å². The van der Waals surface area contributed by atoms with Crippen molar-refractivity contribution in [1.82, 2.24) is 14.5 Å². The highest BCUT2D eigenvalue weighted by Gasteiger charge is 2.25. The predicted octanol–water partition coefficient (Wildman–Crippen LogP) is 4.62. The number of piperidine rings is 1. The van der Waals surface area contributed by atoms with E-state index in [2.05, 4.69) is 9.88 Å². The lowest BCUT2D eigenvalue weighted by molar-refractivity contribution is 0.0839. The third-order valence-electron chi connectivity index (χ3n) is 6.37. The Morgan fingerprint density at radius 3 is 2.35 bits per heavy atom. The lowest BCUT2D eigenvalue weighted by Gasteiger charge is -2.31. The van der Waals surface area contributed by atoms with E-state index < -0.39 is 0 Å². The van der Waals surface area contributed by atoms with E-state index in [1.54, 1.807) is 12.1 Å². The number of ketones is 1. The minimum Gasteiger partial charge on any atom is -0.306 e. The molecule has 1 N–H and O–H groups in total. The topological polar surface area (TPSA) is 58.1 Å². The molecule has 0 atom stereocenters. The average molecular weight is 424 g/mol. The number of hydrogen-bond acceptors (Lipinski definition) is 3. The molecule has 0 aliphatic carbocycles. The van der Waals surface area contributed by atoms with Crippen molar-refractivity contribution >= 4 is 16.8 Å². The van der Waals surface area contributed by atoms with E-state index in [0.717, 1.165) is 75.7 Å². The van der Waals surface area contributed by atoms with Gasteiger partial charge < -0.3 is 9.88 Å². The molecule has 6 heteroatoms. The fraction of sp³-hybridized carbons (Fsp3) is 0.440. The van der Waals surface area contributed by atoms with Gasteiger partial charge in [-0.15, -0.1) is 0 Å². The summed E-state index contributed by atoms with van der Waals surface area (Å²) < 4.78 is 14.9. The minimum atomic E-state index is -0.306. The molecule has 4 rings (SSSR count). The summed E-state index contributed by atoms with van der Waals surface area (Å²) in [5, 5.41) is 0. The molecule has 1 aliphatic rings. The summed E-state index contributed by atoms with van der Waals surface area (Å²) in [6.07, 6.45) is 6.13. The number of likely N-dealkylation sites (tertiary alicyclic amines) is 1. The van der Waals surface area contributed by atoms with E-state index in [1.807, 2.05) is 28.8 Å². The molecule has 0 spiro atoms. The van der Waals surface area contributed by atoms with Gasteiger partial charge in [-0.1, -0.05) is 25.0 Å². The SMILES string of the molecule is O=C(c1ccc(F)cc1)C1CCN(CCCCCCn2c(=O)[nH]c3ccccc32)CC1. The molecule has 164 valence electrons. The van der Waals surface area contributed by atoms with Crippen LogP contribution in [0.5, 0.6) is 0 Å². The van der Waals surface area contributed by atoms with Crippen LogP contribution >= 0.6 is 0 Å². The Bertz CT molecular complexity index is 1060. The molecule has 0 unspecified atom stereocenters. The predicted molar refractivity (Wildman–Crippen MR) is 121 cm³/mol. The second-order valence-electron chi connectivity index (χ2n) is 8.50. The molecule has 0 bridgehead atoms. The van der Waals surface area contributed by atoms with Crippen LogP contribution in [0.4, 0.5) is 4.39 Å². The second kappa shape index (κ2) is 10.1. The number of nitrogens with zero attached hydrogens (tertiary/aromatic N) is 2. The molecule has 0 radical (unpaired) electrons. The number of imidazole rings is 1. The van der Waals surface area contributed by atoms with Crippen molar-refractivity contribution in [1.29, 1.82) is 0 Å². The van der Waals surface area contributed by atoms with Crippen LogP contribution in [0.1, 0.15) is 48.9 Å². The van der Waals surface area contributed by atoms with Crippen LogP contribution in [-0.4, -0.2) is 39.9 Å². The molecule has 31 heavy (non-hydrogen) atoms. The molecule has 0 amide bonds. The normalized spacial score (nSPS) is 15.5. The zero-order valence-electron chi connectivity index (χ0n) is 17.9. The first-order chi connectivity index (χ1) is 15.1. The first kappa shape index (κ1) is 21.5. The molecule has 1 saturated heterocycles. The number of Topliss-reactive ketones (excluding diaryl/α,β-unsaturated/α-hetero) is 1. The fourth-order valence-electron chi connectivity index (χ4n) is 4.56. The van der Waals surface area contributed by atoms with E-state index in [1.165, 1.54) is 12.1 Å². The lowest BCUT2D eigenvalue weighted by atomic mass is 9.89. The summed E-state index contributed by atoms with van der Waals surface area (Å²) in [7, 11) is 0. The van der Waals surface area contributed by atoms with Gasteiger partial charge in [0.2, 0.25) is 0 Å². The van der Waals surface area contributed by atoms with Crippen molar-refractivity contribution in [2.45, 2.75) is 45.1 Å². The third-order valence-corrected chi connectivity index (χ3v) is 6.37. The van der Waals surface area contributed by atoms with Crippen molar-refractivity contribution < 1.29 is 9.18 Å². The van der Waals surface area contributed by atoms with Crippen LogP contribution in [-0.2, 0) is 6.54 Å². The van der Waals surface area contributed by atoms with Crippen LogP contribution in [0, 0.1) is 11.7 Å². The monoisotopic (exact) mass is 423 g/mol. The zero-order chi connectivity index (χ0) is 21.6. The number of para-hydroxylation sites is 2. The second-order valence-corrected chi connectivity index (χ2v) is 8.50. The Labute approximate surface area is 181 Å². The fourth-order valence-corrected chi connectivity index (χ4v) is 4.56. The minimum absolute atomic E-state index is 0.0285. The van der Waals surface area contributed by atoms with Crippen molar-refractivity contribution in [3.63, 3.8) is 0 Å². The maximum absolute atomic E-state index is 13.1. The Hall–Kier alpha value is -2.73. The number of aromatic amines is 1. The van der Waals surface area contributed by atoms with Gasteiger partial charge in [0.05, 0.1) is 11.0 Å². The Morgan fingerprint density at radius 1 is 0.935 bits per heavy atom. The van der Waals surface area contributed by atoms with Gasteiger partial charge in [0.1, 0.15) is 5.82 Å². The number of rotatable bonds is 9. The molecule has 2 aromatic carbocycles. The van der Waals surface area contributed by atoms with E-state index >= 15 is 0 Å². The maximum atomic E-state index is 13.1. The number of fused-ring (bicyclic) bond motifs is 1. The number of H-pyrrole nitrogens is 1. The largest absolute Gasteiger partial charge is 0.326 e. The standard InChI is InChI=1S/C25H30FN3O2/c26-21-11-9-19(10-12-21)24(30)20-13-17-28(18-14-20)15-5-1-2-6-16-29-23-8-4-3-7-22(23)27-25(29)31/h3-4,7-12,20H,1-2,5-6,13-18H2,(H,27,31). The van der Waals surface area contributed by atoms with E-state index in [4.69, 9.17) is 0 Å². The Kier molecular flexibility index (Phi) is 6.97. The number of benzene rings is 2. The molecule has 0 saturated carbocycles. The summed E-state index contributed by atoms with van der Waals surface area (Å²) in [4.78, 5) is 30.0. The Morgan fingerprint density at radius 2 is 1.61 bits per heavy atom. The molecule has 2 heterocycles. The van der Waals surface area contributed by atoms with Gasteiger partial charge in [0.25, 0.3) is 0 Å². The summed E-state index contributed by atoms with van der Waals surface area (Å²) in [6, 6.07) is 13.7. The molecule has 5 nitrogen and oxygen atoms in total. The number of unbranched alkanes of at least 4 members (excludes halogenated alkanes) is 3.